The lowest BCUT2D eigenvalue weighted by molar-refractivity contribution is -0.115. The van der Waals surface area contributed by atoms with E-state index >= 15 is 0 Å². The molecule has 3 heteroatoms. The number of carbonyl (C=O) groups excluding carboxylic acids is 1. The maximum atomic E-state index is 11.3. The highest BCUT2D eigenvalue weighted by atomic mass is 16.1. The van der Waals surface area contributed by atoms with Crippen LogP contribution in [0.15, 0.2) is 24.4 Å². The molecule has 1 aliphatic rings. The lowest BCUT2D eigenvalue weighted by Crippen LogP contribution is -2.20. The van der Waals surface area contributed by atoms with E-state index in [9.17, 15) is 4.79 Å². The second-order valence-corrected chi connectivity index (χ2v) is 3.15. The second-order valence-electron chi connectivity index (χ2n) is 3.15. The van der Waals surface area contributed by atoms with Crippen LogP contribution in [-0.2, 0) is 11.2 Å². The standard InChI is InChI=1S/C10H10N2O/c1-6-3-4-8-9(11-6)5-10(13)7(2)12-8/h3-4,12H,2,5H2,1H3. The number of ketones is 1. The van der Waals surface area contributed by atoms with Gasteiger partial charge in [-0.05, 0) is 19.1 Å². The van der Waals surface area contributed by atoms with Crippen molar-refractivity contribution in [2.24, 2.45) is 0 Å². The number of nitrogens with zero attached hydrogens (tertiary/aromatic N) is 1. The Morgan fingerprint density at radius 2 is 2.31 bits per heavy atom. The molecule has 1 N–H and O–H groups in total. The van der Waals surface area contributed by atoms with Crippen LogP contribution in [-0.4, -0.2) is 10.8 Å². The quantitative estimate of drug-likeness (QED) is 0.605. The largest absolute Gasteiger partial charge is 0.352 e. The minimum absolute atomic E-state index is 0.0191. The molecule has 1 aliphatic heterocycles. The topological polar surface area (TPSA) is 42.0 Å². The first-order chi connectivity index (χ1) is 6.16. The van der Waals surface area contributed by atoms with Gasteiger partial charge in [0.2, 0.25) is 0 Å². The van der Waals surface area contributed by atoms with Gasteiger partial charge in [0.05, 0.1) is 23.5 Å². The molecule has 0 radical (unpaired) electrons. The first kappa shape index (κ1) is 7.98. The lowest BCUT2D eigenvalue weighted by atomic mass is 10.1. The SMILES string of the molecule is C=C1Nc2ccc(C)nc2CC1=O. The molecule has 0 fully saturated rings. The van der Waals surface area contributed by atoms with Crippen LogP contribution >= 0.6 is 0 Å². The summed E-state index contributed by atoms with van der Waals surface area (Å²) in [5.41, 5.74) is 3.10. The molecule has 0 unspecified atom stereocenters. The number of anilines is 1. The van der Waals surface area contributed by atoms with Gasteiger partial charge < -0.3 is 5.32 Å². The highest BCUT2D eigenvalue weighted by Crippen LogP contribution is 2.22. The Morgan fingerprint density at radius 1 is 1.54 bits per heavy atom. The molecular weight excluding hydrogens is 164 g/mol. The van der Waals surface area contributed by atoms with Crippen molar-refractivity contribution in [2.75, 3.05) is 5.32 Å². The van der Waals surface area contributed by atoms with Crippen LogP contribution in [0.1, 0.15) is 11.4 Å². The van der Waals surface area contributed by atoms with E-state index in [-0.39, 0.29) is 5.78 Å². The average molecular weight is 174 g/mol. The monoisotopic (exact) mass is 174 g/mol. The van der Waals surface area contributed by atoms with Crippen molar-refractivity contribution in [3.05, 3.63) is 35.8 Å². The van der Waals surface area contributed by atoms with Crippen molar-refractivity contribution < 1.29 is 4.79 Å². The molecule has 1 aromatic rings. The van der Waals surface area contributed by atoms with Crippen LogP contribution in [0.4, 0.5) is 5.69 Å². The summed E-state index contributed by atoms with van der Waals surface area (Å²) in [6.07, 6.45) is 0.364. The highest BCUT2D eigenvalue weighted by molar-refractivity contribution is 6.01. The van der Waals surface area contributed by atoms with Crippen LogP contribution < -0.4 is 5.32 Å². The molecule has 0 aromatic carbocycles. The summed E-state index contributed by atoms with van der Waals surface area (Å²) >= 11 is 0. The van der Waals surface area contributed by atoms with E-state index < -0.39 is 0 Å². The number of hydrogen-bond donors (Lipinski definition) is 1. The number of allylic oxidation sites excluding steroid dienone is 1. The molecule has 1 aromatic heterocycles. The number of carbonyl (C=O) groups is 1. The fourth-order valence-corrected chi connectivity index (χ4v) is 1.35. The van der Waals surface area contributed by atoms with Crippen molar-refractivity contribution in [3.63, 3.8) is 0 Å². The Kier molecular flexibility index (Phi) is 1.65. The number of nitrogens with one attached hydrogen (secondary N) is 1. The van der Waals surface area contributed by atoms with Gasteiger partial charge in [0, 0.05) is 5.69 Å². The third-order valence-corrected chi connectivity index (χ3v) is 2.06. The van der Waals surface area contributed by atoms with Gasteiger partial charge in [-0.3, -0.25) is 9.78 Å². The second kappa shape index (κ2) is 2.69. The molecule has 0 atom stereocenters. The third kappa shape index (κ3) is 1.33. The van der Waals surface area contributed by atoms with Gasteiger partial charge in [-0.25, -0.2) is 0 Å². The van der Waals surface area contributed by atoms with Crippen LogP contribution in [0, 0.1) is 6.92 Å². The number of fused-ring (bicyclic) bond motifs is 1. The Balaban J connectivity index is 2.48. The number of pyridine rings is 1. The lowest BCUT2D eigenvalue weighted by Gasteiger charge is -2.17. The molecule has 2 heterocycles. The van der Waals surface area contributed by atoms with E-state index in [1.807, 2.05) is 19.1 Å². The van der Waals surface area contributed by atoms with Crippen LogP contribution in [0.5, 0.6) is 0 Å². The zero-order valence-corrected chi connectivity index (χ0v) is 7.42. The molecule has 13 heavy (non-hydrogen) atoms. The molecule has 66 valence electrons. The van der Waals surface area contributed by atoms with Gasteiger partial charge >= 0.3 is 0 Å². The van der Waals surface area contributed by atoms with Crippen LogP contribution in [0.25, 0.3) is 0 Å². The van der Waals surface area contributed by atoms with Crippen LogP contribution in [0.3, 0.4) is 0 Å². The Hall–Kier alpha value is -1.64. The van der Waals surface area contributed by atoms with Crippen molar-refractivity contribution >= 4 is 11.5 Å². The third-order valence-electron chi connectivity index (χ3n) is 2.06. The van der Waals surface area contributed by atoms with Crippen molar-refractivity contribution in [3.8, 4) is 0 Å². The molecule has 0 saturated heterocycles. The summed E-state index contributed by atoms with van der Waals surface area (Å²) in [5.74, 6) is 0.0191. The fraction of sp³-hybridized carbons (Fsp3) is 0.200. The van der Waals surface area contributed by atoms with Crippen molar-refractivity contribution in [2.45, 2.75) is 13.3 Å². The molecule has 2 rings (SSSR count). The zero-order chi connectivity index (χ0) is 9.42. The molecule has 0 bridgehead atoms. The van der Waals surface area contributed by atoms with E-state index in [1.165, 1.54) is 0 Å². The number of Topliss-reactive ketones (excluding diaryl/α,β-unsaturated/α-hetero) is 1. The van der Waals surface area contributed by atoms with Crippen LogP contribution in [0.2, 0.25) is 0 Å². The maximum Gasteiger partial charge on any atom is 0.184 e. The van der Waals surface area contributed by atoms with E-state index in [0.717, 1.165) is 17.1 Å². The van der Waals surface area contributed by atoms with E-state index in [0.29, 0.717) is 12.1 Å². The molecule has 3 nitrogen and oxygen atoms in total. The van der Waals surface area contributed by atoms with Crippen molar-refractivity contribution in [1.82, 2.24) is 4.98 Å². The smallest absolute Gasteiger partial charge is 0.184 e. The first-order valence-corrected chi connectivity index (χ1v) is 4.12. The number of rotatable bonds is 0. The molecule has 0 aliphatic carbocycles. The fourth-order valence-electron chi connectivity index (χ4n) is 1.35. The number of aromatic nitrogens is 1. The van der Waals surface area contributed by atoms with Gasteiger partial charge in [0.1, 0.15) is 0 Å². The summed E-state index contributed by atoms with van der Waals surface area (Å²) in [5, 5.41) is 2.93. The zero-order valence-electron chi connectivity index (χ0n) is 7.42. The summed E-state index contributed by atoms with van der Waals surface area (Å²) in [7, 11) is 0. The summed E-state index contributed by atoms with van der Waals surface area (Å²) in [6.45, 7) is 5.54. The van der Waals surface area contributed by atoms with Gasteiger partial charge in [0.25, 0.3) is 0 Å². The minimum atomic E-state index is 0.0191. The van der Waals surface area contributed by atoms with Gasteiger partial charge in [-0.15, -0.1) is 0 Å². The molecule has 0 amide bonds. The van der Waals surface area contributed by atoms with Crippen molar-refractivity contribution in [1.29, 1.82) is 0 Å². The minimum Gasteiger partial charge on any atom is -0.352 e. The summed E-state index contributed by atoms with van der Waals surface area (Å²) in [6, 6.07) is 3.84. The molecular formula is C10H10N2O. The average Bonchev–Trinajstić information content (AvgIpc) is 2.08. The first-order valence-electron chi connectivity index (χ1n) is 4.12. The Bertz CT molecular complexity index is 396. The van der Waals surface area contributed by atoms with E-state index in [4.69, 9.17) is 0 Å². The van der Waals surface area contributed by atoms with E-state index in [1.54, 1.807) is 0 Å². The summed E-state index contributed by atoms with van der Waals surface area (Å²) < 4.78 is 0. The maximum absolute atomic E-state index is 11.3. The Morgan fingerprint density at radius 3 is 3.08 bits per heavy atom. The van der Waals surface area contributed by atoms with Gasteiger partial charge in [0.15, 0.2) is 5.78 Å². The number of aryl methyl sites for hydroxylation is 1. The predicted octanol–water partition coefficient (Wildman–Crippen LogP) is 1.44. The summed E-state index contributed by atoms with van der Waals surface area (Å²) in [4.78, 5) is 15.5. The highest BCUT2D eigenvalue weighted by Gasteiger charge is 2.19. The number of hydrogen-bond acceptors (Lipinski definition) is 3. The normalized spacial score (nSPS) is 15.2. The predicted molar refractivity (Wildman–Crippen MR) is 50.4 cm³/mol. The molecule has 0 spiro atoms. The Labute approximate surface area is 76.5 Å². The van der Waals surface area contributed by atoms with E-state index in [2.05, 4.69) is 16.9 Å². The van der Waals surface area contributed by atoms with Gasteiger partial charge in [-0.1, -0.05) is 6.58 Å². The molecule has 0 saturated carbocycles. The van der Waals surface area contributed by atoms with Gasteiger partial charge in [-0.2, -0.15) is 0 Å².